The molecule has 0 unspecified atom stereocenters. The van der Waals surface area contributed by atoms with E-state index in [0.29, 0.717) is 6.54 Å². The molecule has 1 atom stereocenters. The molecule has 5 nitrogen and oxygen atoms in total. The number of aliphatic hydroxyl groups is 1. The molecule has 0 amide bonds. The van der Waals surface area contributed by atoms with E-state index in [2.05, 4.69) is 60.1 Å². The Labute approximate surface area is 150 Å². The third-order valence-electron chi connectivity index (χ3n) is 5.10. The van der Waals surface area contributed by atoms with E-state index in [9.17, 15) is 5.11 Å². The molecule has 1 aromatic heterocycles. The van der Waals surface area contributed by atoms with Crippen LogP contribution in [0.4, 0.5) is 0 Å². The van der Waals surface area contributed by atoms with Gasteiger partial charge in [0.05, 0.1) is 12.3 Å². The predicted octanol–water partition coefficient (Wildman–Crippen LogP) is 2.37. The van der Waals surface area contributed by atoms with Crippen LogP contribution in [-0.2, 0) is 13.1 Å². The average Bonchev–Trinajstić information content (AvgIpc) is 3.04. The van der Waals surface area contributed by atoms with Crippen LogP contribution >= 0.6 is 0 Å². The molecule has 2 aromatic rings. The van der Waals surface area contributed by atoms with E-state index in [1.54, 1.807) is 0 Å². The van der Waals surface area contributed by atoms with Crippen molar-refractivity contribution in [2.24, 2.45) is 0 Å². The summed E-state index contributed by atoms with van der Waals surface area (Å²) in [5.41, 5.74) is 4.76. The molecule has 1 N–H and O–H groups in total. The summed E-state index contributed by atoms with van der Waals surface area (Å²) in [6.07, 6.45) is 3.70. The largest absolute Gasteiger partial charge is 0.387 e. The molecule has 5 heteroatoms. The SMILES string of the molecule is CCn1cc(CN2CCN(C[C@H](O)c3ccc(C)cc3C)CC2)cn1. The van der Waals surface area contributed by atoms with Gasteiger partial charge in [-0.25, -0.2) is 0 Å². The molecule has 1 aromatic carbocycles. The summed E-state index contributed by atoms with van der Waals surface area (Å²) in [5.74, 6) is 0. The van der Waals surface area contributed by atoms with Crippen LogP contribution in [0.15, 0.2) is 30.6 Å². The van der Waals surface area contributed by atoms with Crippen molar-refractivity contribution in [1.82, 2.24) is 19.6 Å². The van der Waals surface area contributed by atoms with Gasteiger partial charge in [0.1, 0.15) is 0 Å². The van der Waals surface area contributed by atoms with Crippen LogP contribution in [0.5, 0.6) is 0 Å². The Kier molecular flexibility index (Phi) is 5.89. The maximum atomic E-state index is 10.6. The highest BCUT2D eigenvalue weighted by Crippen LogP contribution is 2.20. The summed E-state index contributed by atoms with van der Waals surface area (Å²) in [6.45, 7) is 13.0. The molecule has 1 aliphatic rings. The van der Waals surface area contributed by atoms with Crippen LogP contribution in [0.1, 0.15) is 35.3 Å². The molecule has 0 bridgehead atoms. The minimum atomic E-state index is -0.407. The highest BCUT2D eigenvalue weighted by Gasteiger charge is 2.21. The van der Waals surface area contributed by atoms with Gasteiger partial charge in [-0.05, 0) is 31.9 Å². The Hall–Kier alpha value is -1.69. The van der Waals surface area contributed by atoms with E-state index in [1.807, 2.05) is 10.9 Å². The van der Waals surface area contributed by atoms with Crippen molar-refractivity contribution in [3.8, 4) is 0 Å². The van der Waals surface area contributed by atoms with Gasteiger partial charge in [0.15, 0.2) is 0 Å². The van der Waals surface area contributed by atoms with Gasteiger partial charge < -0.3 is 5.11 Å². The number of rotatable bonds is 6. The number of aryl methyl sites for hydroxylation is 3. The Bertz CT molecular complexity index is 689. The van der Waals surface area contributed by atoms with Gasteiger partial charge in [0, 0.05) is 57.6 Å². The van der Waals surface area contributed by atoms with Crippen LogP contribution in [-0.4, -0.2) is 57.4 Å². The average molecular weight is 342 g/mol. The van der Waals surface area contributed by atoms with Crippen LogP contribution < -0.4 is 0 Å². The molecule has 1 fully saturated rings. The maximum Gasteiger partial charge on any atom is 0.0919 e. The number of aliphatic hydroxyl groups excluding tert-OH is 1. The van der Waals surface area contributed by atoms with E-state index in [-0.39, 0.29) is 0 Å². The molecule has 136 valence electrons. The number of hydrogen-bond acceptors (Lipinski definition) is 4. The fraction of sp³-hybridized carbons (Fsp3) is 0.550. The Balaban J connectivity index is 1.48. The van der Waals surface area contributed by atoms with E-state index in [1.165, 1.54) is 16.7 Å². The normalized spacial score (nSPS) is 17.8. The van der Waals surface area contributed by atoms with Crippen molar-refractivity contribution >= 4 is 0 Å². The van der Waals surface area contributed by atoms with Crippen LogP contribution in [0.3, 0.4) is 0 Å². The number of β-amino-alcohol motifs (C(OH)–C–C–N with tert-alkyl or cyclic N) is 1. The lowest BCUT2D eigenvalue weighted by Gasteiger charge is -2.35. The minimum absolute atomic E-state index is 0.407. The second-order valence-electron chi connectivity index (χ2n) is 7.16. The van der Waals surface area contributed by atoms with Gasteiger partial charge in [-0.1, -0.05) is 23.8 Å². The summed E-state index contributed by atoms with van der Waals surface area (Å²) in [4.78, 5) is 4.84. The monoisotopic (exact) mass is 342 g/mol. The summed E-state index contributed by atoms with van der Waals surface area (Å²) < 4.78 is 1.98. The highest BCUT2D eigenvalue weighted by molar-refractivity contribution is 5.32. The second-order valence-corrected chi connectivity index (χ2v) is 7.16. The first kappa shape index (κ1) is 18.1. The minimum Gasteiger partial charge on any atom is -0.387 e. The smallest absolute Gasteiger partial charge is 0.0919 e. The zero-order chi connectivity index (χ0) is 17.8. The highest BCUT2D eigenvalue weighted by atomic mass is 16.3. The quantitative estimate of drug-likeness (QED) is 0.875. The van der Waals surface area contributed by atoms with E-state index < -0.39 is 6.10 Å². The lowest BCUT2D eigenvalue weighted by atomic mass is 10.0. The third-order valence-corrected chi connectivity index (χ3v) is 5.10. The molecule has 0 spiro atoms. The van der Waals surface area contributed by atoms with E-state index in [0.717, 1.165) is 44.8 Å². The number of aromatic nitrogens is 2. The Morgan fingerprint density at radius 2 is 1.84 bits per heavy atom. The van der Waals surface area contributed by atoms with Crippen molar-refractivity contribution in [1.29, 1.82) is 0 Å². The van der Waals surface area contributed by atoms with Crippen LogP contribution in [0, 0.1) is 13.8 Å². The van der Waals surface area contributed by atoms with Crippen LogP contribution in [0.25, 0.3) is 0 Å². The van der Waals surface area contributed by atoms with Gasteiger partial charge in [0.25, 0.3) is 0 Å². The fourth-order valence-corrected chi connectivity index (χ4v) is 3.59. The molecular formula is C20H30N4O. The van der Waals surface area contributed by atoms with Gasteiger partial charge in [-0.2, -0.15) is 5.10 Å². The first-order valence-corrected chi connectivity index (χ1v) is 9.26. The summed E-state index contributed by atoms with van der Waals surface area (Å²) >= 11 is 0. The molecule has 0 radical (unpaired) electrons. The van der Waals surface area contributed by atoms with E-state index >= 15 is 0 Å². The molecule has 3 rings (SSSR count). The van der Waals surface area contributed by atoms with Crippen molar-refractivity contribution in [2.45, 2.75) is 40.0 Å². The van der Waals surface area contributed by atoms with Gasteiger partial charge in [0.2, 0.25) is 0 Å². The number of piperazine rings is 1. The zero-order valence-corrected chi connectivity index (χ0v) is 15.6. The first-order chi connectivity index (χ1) is 12.0. The summed E-state index contributed by atoms with van der Waals surface area (Å²) in [5, 5.41) is 15.0. The van der Waals surface area contributed by atoms with Crippen molar-refractivity contribution < 1.29 is 5.11 Å². The number of benzene rings is 1. The molecule has 25 heavy (non-hydrogen) atoms. The zero-order valence-electron chi connectivity index (χ0n) is 15.6. The molecule has 1 aliphatic heterocycles. The maximum absolute atomic E-state index is 10.6. The molecular weight excluding hydrogens is 312 g/mol. The van der Waals surface area contributed by atoms with Crippen molar-refractivity contribution in [3.63, 3.8) is 0 Å². The van der Waals surface area contributed by atoms with Gasteiger partial charge >= 0.3 is 0 Å². The summed E-state index contributed by atoms with van der Waals surface area (Å²) in [7, 11) is 0. The second kappa shape index (κ2) is 8.13. The van der Waals surface area contributed by atoms with E-state index in [4.69, 9.17) is 0 Å². The lowest BCUT2D eigenvalue weighted by molar-refractivity contribution is 0.0698. The van der Waals surface area contributed by atoms with Crippen molar-refractivity contribution in [2.75, 3.05) is 32.7 Å². The van der Waals surface area contributed by atoms with Crippen molar-refractivity contribution in [3.05, 3.63) is 52.8 Å². The van der Waals surface area contributed by atoms with Gasteiger partial charge in [-0.3, -0.25) is 14.5 Å². The van der Waals surface area contributed by atoms with Gasteiger partial charge in [-0.15, -0.1) is 0 Å². The molecule has 0 aliphatic carbocycles. The molecule has 2 heterocycles. The third kappa shape index (κ3) is 4.69. The number of nitrogens with zero attached hydrogens (tertiary/aromatic N) is 4. The topological polar surface area (TPSA) is 44.5 Å². The lowest BCUT2D eigenvalue weighted by Crippen LogP contribution is -2.47. The standard InChI is InChI=1S/C20H30N4O/c1-4-24-14-18(12-21-24)13-22-7-9-23(10-8-22)15-20(25)19-6-5-16(2)11-17(19)3/h5-6,11-12,14,20,25H,4,7-10,13,15H2,1-3H3/t20-/m0/s1. The fourth-order valence-electron chi connectivity index (χ4n) is 3.59. The number of hydrogen-bond donors (Lipinski definition) is 1. The first-order valence-electron chi connectivity index (χ1n) is 9.26. The predicted molar refractivity (Wildman–Crippen MR) is 100 cm³/mol. The molecule has 0 saturated carbocycles. The Morgan fingerprint density at radius 3 is 2.48 bits per heavy atom. The molecule has 1 saturated heterocycles. The summed E-state index contributed by atoms with van der Waals surface area (Å²) in [6, 6.07) is 6.30. The van der Waals surface area contributed by atoms with Crippen LogP contribution in [0.2, 0.25) is 0 Å². The Morgan fingerprint density at radius 1 is 1.12 bits per heavy atom.